The van der Waals surface area contributed by atoms with Crippen molar-refractivity contribution in [3.8, 4) is 28.2 Å². The quantitative estimate of drug-likeness (QED) is 0.127. The lowest BCUT2D eigenvalue weighted by Crippen LogP contribution is -2.23. The summed E-state index contributed by atoms with van der Waals surface area (Å²) in [5.41, 5.74) is 12.6. The highest BCUT2D eigenvalue weighted by Gasteiger charge is 2.25. The van der Waals surface area contributed by atoms with E-state index in [1.807, 2.05) is 24.3 Å². The number of allylic oxidation sites excluding steroid dienone is 1. The van der Waals surface area contributed by atoms with Gasteiger partial charge >= 0.3 is 5.97 Å². The summed E-state index contributed by atoms with van der Waals surface area (Å²) in [6.07, 6.45) is 12.1. The molecule has 0 radical (unpaired) electrons. The van der Waals surface area contributed by atoms with Gasteiger partial charge in [-0.2, -0.15) is 5.10 Å². The number of esters is 1. The average molecular weight is 565 g/mol. The summed E-state index contributed by atoms with van der Waals surface area (Å²) < 4.78 is 8.98. The maximum Gasteiger partial charge on any atom is 0.330 e. The van der Waals surface area contributed by atoms with Crippen LogP contribution in [0.5, 0.6) is 0 Å². The molecule has 0 aliphatic heterocycles. The van der Waals surface area contributed by atoms with E-state index in [4.69, 9.17) is 15.5 Å². The van der Waals surface area contributed by atoms with Crippen LogP contribution >= 0.6 is 0 Å². The first-order chi connectivity index (χ1) is 20.2. The molecule has 0 saturated heterocycles. The Labute approximate surface area is 245 Å². The minimum absolute atomic E-state index is 0.231. The Morgan fingerprint density at radius 2 is 1.83 bits per heavy atom. The molecule has 2 N–H and O–H groups in total. The maximum atomic E-state index is 12.4. The lowest BCUT2D eigenvalue weighted by atomic mass is 9.96. The smallest absolute Gasteiger partial charge is 0.330 e. The van der Waals surface area contributed by atoms with Crippen LogP contribution < -0.4 is 5.73 Å². The van der Waals surface area contributed by atoms with E-state index in [0.29, 0.717) is 0 Å². The Kier molecular flexibility index (Phi) is 8.15. The molecule has 0 aliphatic carbocycles. The molecule has 5 rings (SSSR count). The molecule has 0 unspecified atom stereocenters. The first-order valence-electron chi connectivity index (χ1n) is 14.1. The Morgan fingerprint density at radius 3 is 2.50 bits per heavy atom. The number of anilines is 1. The van der Waals surface area contributed by atoms with E-state index in [2.05, 4.69) is 64.4 Å². The Hall–Kier alpha value is -4.86. The van der Waals surface area contributed by atoms with E-state index in [1.165, 1.54) is 13.4 Å². The van der Waals surface area contributed by atoms with Crippen LogP contribution in [0, 0.1) is 0 Å². The van der Waals surface area contributed by atoms with Gasteiger partial charge in [-0.05, 0) is 74.6 Å². The van der Waals surface area contributed by atoms with Crippen molar-refractivity contribution in [2.45, 2.75) is 58.9 Å². The molecule has 216 valence electrons. The third-order valence-electron chi connectivity index (χ3n) is 7.15. The lowest BCUT2D eigenvalue weighted by Gasteiger charge is -2.26. The molecule has 0 atom stereocenters. The molecular formula is C32H36N8O2. The van der Waals surface area contributed by atoms with E-state index < -0.39 is 0 Å². The van der Waals surface area contributed by atoms with Crippen LogP contribution in [0.15, 0.2) is 67.5 Å². The van der Waals surface area contributed by atoms with Crippen molar-refractivity contribution in [3.05, 3.63) is 73.1 Å². The van der Waals surface area contributed by atoms with Crippen LogP contribution in [0.25, 0.3) is 44.8 Å². The molecule has 0 saturated carbocycles. The molecule has 10 nitrogen and oxygen atoms in total. The predicted molar refractivity (Wildman–Crippen MR) is 165 cm³/mol. The number of imidazole rings is 1. The molecule has 5 aromatic rings. The van der Waals surface area contributed by atoms with Crippen LogP contribution in [-0.4, -0.2) is 47.4 Å². The van der Waals surface area contributed by atoms with Gasteiger partial charge in [-0.1, -0.05) is 31.9 Å². The number of hydrogen-bond acceptors (Lipinski definition) is 8. The zero-order chi connectivity index (χ0) is 29.9. The summed E-state index contributed by atoms with van der Waals surface area (Å²) >= 11 is 0. The SMILES string of the molecule is CCCCC/C(=C/C(=O)OC)c1ccc(-n2cncn2)c(-c2nc3cc(-c4cnc(N)nc4)ccc3n2C(C)(C)C)c1. The van der Waals surface area contributed by atoms with Gasteiger partial charge in [0.15, 0.2) is 0 Å². The van der Waals surface area contributed by atoms with E-state index in [9.17, 15) is 4.79 Å². The van der Waals surface area contributed by atoms with Gasteiger partial charge in [-0.3, -0.25) is 0 Å². The van der Waals surface area contributed by atoms with Gasteiger partial charge in [-0.25, -0.2) is 29.4 Å². The van der Waals surface area contributed by atoms with Gasteiger partial charge in [0, 0.05) is 35.1 Å². The maximum absolute atomic E-state index is 12.4. The Balaban J connectivity index is 1.74. The van der Waals surface area contributed by atoms with Crippen molar-refractivity contribution in [3.63, 3.8) is 0 Å². The number of aromatic nitrogens is 7. The second-order valence-corrected chi connectivity index (χ2v) is 11.2. The fourth-order valence-electron chi connectivity index (χ4n) is 5.12. The van der Waals surface area contributed by atoms with Gasteiger partial charge in [-0.15, -0.1) is 0 Å². The normalized spacial score (nSPS) is 12.2. The first kappa shape index (κ1) is 28.7. The number of ether oxygens (including phenoxy) is 1. The van der Waals surface area contributed by atoms with Gasteiger partial charge in [0.25, 0.3) is 0 Å². The zero-order valence-electron chi connectivity index (χ0n) is 24.7. The minimum atomic E-state index is -0.371. The number of methoxy groups -OCH3 is 1. The van der Waals surface area contributed by atoms with Crippen molar-refractivity contribution in [1.82, 2.24) is 34.3 Å². The van der Waals surface area contributed by atoms with Gasteiger partial charge in [0.2, 0.25) is 5.95 Å². The number of nitrogens with zero attached hydrogens (tertiary/aromatic N) is 7. The number of nitrogens with two attached hydrogens (primary N) is 1. The molecule has 3 heterocycles. The topological polar surface area (TPSA) is 127 Å². The number of nitrogen functional groups attached to an aromatic ring is 1. The zero-order valence-corrected chi connectivity index (χ0v) is 24.7. The van der Waals surface area contributed by atoms with Crippen molar-refractivity contribution < 1.29 is 9.53 Å². The number of rotatable bonds is 9. The molecule has 2 aromatic carbocycles. The summed E-state index contributed by atoms with van der Waals surface area (Å²) in [5, 5.41) is 4.43. The van der Waals surface area contributed by atoms with Crippen molar-refractivity contribution in [1.29, 1.82) is 0 Å². The van der Waals surface area contributed by atoms with Crippen LogP contribution in [-0.2, 0) is 15.1 Å². The summed E-state index contributed by atoms with van der Waals surface area (Å²) in [6.45, 7) is 8.64. The van der Waals surface area contributed by atoms with Crippen LogP contribution in [0.2, 0.25) is 0 Å². The standard InChI is InChI=1S/C32H36N8O2/c1-6-7-8-9-21(16-29(41)42-5)22-10-12-27(39-20-34-19-37-39)25(14-22)30-38-26-15-23(24-17-35-31(33)36-18-24)11-13-28(26)40(30)32(2,3)4/h10-20H,6-9H2,1-5H3,(H2,33,35,36)/b21-16-. The third kappa shape index (κ3) is 5.93. The number of carbonyl (C=O) groups is 1. The number of benzene rings is 2. The van der Waals surface area contributed by atoms with Crippen LogP contribution in [0.1, 0.15) is 58.9 Å². The van der Waals surface area contributed by atoms with E-state index in [0.717, 1.165) is 76.1 Å². The number of fused-ring (bicyclic) bond motifs is 1. The predicted octanol–water partition coefficient (Wildman–Crippen LogP) is 6.21. The summed E-state index contributed by atoms with van der Waals surface area (Å²) in [4.78, 5) is 30.0. The summed E-state index contributed by atoms with van der Waals surface area (Å²) in [5.74, 6) is 0.640. The van der Waals surface area contributed by atoms with Crippen LogP contribution in [0.4, 0.5) is 5.95 Å². The molecule has 0 fully saturated rings. The number of hydrogen-bond donors (Lipinski definition) is 1. The largest absolute Gasteiger partial charge is 0.466 e. The van der Waals surface area contributed by atoms with Gasteiger partial charge in [0.1, 0.15) is 18.5 Å². The van der Waals surface area contributed by atoms with Crippen LogP contribution in [0.3, 0.4) is 0 Å². The second-order valence-electron chi connectivity index (χ2n) is 11.2. The third-order valence-corrected chi connectivity index (χ3v) is 7.15. The van der Waals surface area contributed by atoms with Crippen molar-refractivity contribution in [2.75, 3.05) is 12.8 Å². The second kappa shape index (κ2) is 11.9. The van der Waals surface area contributed by atoms with E-state index >= 15 is 0 Å². The molecule has 0 aliphatic rings. The van der Waals surface area contributed by atoms with Crippen molar-refractivity contribution in [2.24, 2.45) is 0 Å². The number of unbranched alkanes of at least 4 members (excludes halogenated alkanes) is 2. The minimum Gasteiger partial charge on any atom is -0.466 e. The van der Waals surface area contributed by atoms with E-state index in [1.54, 1.807) is 29.5 Å². The highest BCUT2D eigenvalue weighted by molar-refractivity contribution is 5.93. The Morgan fingerprint density at radius 1 is 1.05 bits per heavy atom. The fraction of sp³-hybridized carbons (Fsp3) is 0.312. The molecule has 10 heteroatoms. The molecule has 3 aromatic heterocycles. The molecule has 0 amide bonds. The average Bonchev–Trinajstić information content (AvgIpc) is 3.65. The van der Waals surface area contributed by atoms with E-state index in [-0.39, 0.29) is 17.5 Å². The fourth-order valence-corrected chi connectivity index (χ4v) is 5.12. The highest BCUT2D eigenvalue weighted by atomic mass is 16.5. The lowest BCUT2D eigenvalue weighted by molar-refractivity contribution is -0.134. The summed E-state index contributed by atoms with van der Waals surface area (Å²) in [6, 6.07) is 12.3. The van der Waals surface area contributed by atoms with Gasteiger partial charge in [0.05, 0.1) is 23.8 Å². The molecule has 0 bridgehead atoms. The monoisotopic (exact) mass is 564 g/mol. The Bertz CT molecular complexity index is 1730. The first-order valence-corrected chi connectivity index (χ1v) is 14.1. The molecule has 0 spiro atoms. The van der Waals surface area contributed by atoms with Gasteiger partial charge < -0.3 is 15.0 Å². The van der Waals surface area contributed by atoms with Crippen molar-refractivity contribution >= 4 is 28.5 Å². The molecular weight excluding hydrogens is 528 g/mol. The number of carbonyl (C=O) groups excluding carboxylic acids is 1. The molecule has 42 heavy (non-hydrogen) atoms. The summed E-state index contributed by atoms with van der Waals surface area (Å²) in [7, 11) is 1.40. The highest BCUT2D eigenvalue weighted by Crippen LogP contribution is 2.37.